The molecule has 0 unspecified atom stereocenters. The van der Waals surface area contributed by atoms with Crippen LogP contribution in [0.1, 0.15) is 67.2 Å². The lowest BCUT2D eigenvalue weighted by Crippen LogP contribution is -2.34. The predicted octanol–water partition coefficient (Wildman–Crippen LogP) is 4.23. The number of ketones is 1. The Morgan fingerprint density at radius 1 is 1.32 bits per heavy atom. The molecule has 1 aliphatic carbocycles. The summed E-state index contributed by atoms with van der Waals surface area (Å²) in [6.45, 7) is 12.2. The van der Waals surface area contributed by atoms with Gasteiger partial charge in [-0.2, -0.15) is 0 Å². The summed E-state index contributed by atoms with van der Waals surface area (Å²) in [7, 11) is 0. The number of carbonyl (C=O) groups excluding carboxylic acids is 1. The zero-order valence-corrected chi connectivity index (χ0v) is 13.1. The molecule has 0 saturated heterocycles. The second-order valence-corrected chi connectivity index (χ2v) is 7.24. The van der Waals surface area contributed by atoms with Gasteiger partial charge in [0.25, 0.3) is 0 Å². The van der Waals surface area contributed by atoms with Gasteiger partial charge < -0.3 is 5.11 Å². The molecule has 19 heavy (non-hydrogen) atoms. The first-order valence-corrected chi connectivity index (χ1v) is 7.10. The molecule has 0 aromatic carbocycles. The Labute approximate surface area is 116 Å². The molecule has 0 aliphatic heterocycles. The normalized spacial score (nSPS) is 24.7. The third kappa shape index (κ3) is 4.48. The van der Waals surface area contributed by atoms with E-state index < -0.39 is 0 Å². The van der Waals surface area contributed by atoms with Crippen molar-refractivity contribution < 1.29 is 9.90 Å². The highest BCUT2D eigenvalue weighted by molar-refractivity contribution is 6.24. The maximum atomic E-state index is 12.3. The molecule has 0 bridgehead atoms. The summed E-state index contributed by atoms with van der Waals surface area (Å²) in [5.41, 5.74) is 0.952. The van der Waals surface area contributed by atoms with Crippen molar-refractivity contribution in [2.24, 2.45) is 10.4 Å². The standard InChI is InChI=1S/C16H27NO2/c1-7-8-12(18)14-11(17-15(2,3)4)9-16(5,6)10-13(14)19/h18H,7-10H2,1-6H3/b14-12+,17-11?. The van der Waals surface area contributed by atoms with Crippen LogP contribution < -0.4 is 0 Å². The first kappa shape index (κ1) is 15.9. The van der Waals surface area contributed by atoms with Crippen LogP contribution in [0.15, 0.2) is 16.3 Å². The smallest absolute Gasteiger partial charge is 0.168 e. The first-order valence-electron chi connectivity index (χ1n) is 7.10. The summed E-state index contributed by atoms with van der Waals surface area (Å²) in [5.74, 6) is 0.246. The van der Waals surface area contributed by atoms with E-state index in [2.05, 4.69) is 18.8 Å². The zero-order valence-electron chi connectivity index (χ0n) is 13.1. The van der Waals surface area contributed by atoms with E-state index in [1.54, 1.807) is 0 Å². The largest absolute Gasteiger partial charge is 0.511 e. The van der Waals surface area contributed by atoms with E-state index in [0.717, 1.165) is 18.6 Å². The molecular formula is C16H27NO2. The van der Waals surface area contributed by atoms with E-state index in [0.29, 0.717) is 18.4 Å². The molecule has 0 spiro atoms. The van der Waals surface area contributed by atoms with Gasteiger partial charge in [0, 0.05) is 12.8 Å². The average molecular weight is 265 g/mol. The van der Waals surface area contributed by atoms with Gasteiger partial charge in [-0.15, -0.1) is 0 Å². The van der Waals surface area contributed by atoms with Crippen LogP contribution in [0.2, 0.25) is 0 Å². The number of hydrogen-bond acceptors (Lipinski definition) is 3. The van der Waals surface area contributed by atoms with Crippen LogP contribution in [-0.2, 0) is 4.79 Å². The lowest BCUT2D eigenvalue weighted by molar-refractivity contribution is -0.117. The van der Waals surface area contributed by atoms with Gasteiger partial charge in [-0.1, -0.05) is 20.8 Å². The highest BCUT2D eigenvalue weighted by Crippen LogP contribution is 2.36. The fraction of sp³-hybridized carbons (Fsp3) is 0.750. The molecule has 1 saturated carbocycles. The Kier molecular flexibility index (Phi) is 4.59. The Balaban J connectivity index is 3.29. The quantitative estimate of drug-likeness (QED) is 0.600. The molecular weight excluding hydrogens is 238 g/mol. The third-order valence-electron chi connectivity index (χ3n) is 3.10. The number of aliphatic hydroxyl groups is 1. The van der Waals surface area contributed by atoms with Crippen molar-refractivity contribution in [1.29, 1.82) is 0 Å². The fourth-order valence-corrected chi connectivity index (χ4v) is 2.48. The molecule has 0 heterocycles. The predicted molar refractivity (Wildman–Crippen MR) is 79.8 cm³/mol. The number of hydrogen-bond donors (Lipinski definition) is 1. The second kappa shape index (κ2) is 5.48. The minimum atomic E-state index is -0.235. The summed E-state index contributed by atoms with van der Waals surface area (Å²) >= 11 is 0. The SMILES string of the molecule is CCC/C(O)=C1\C(=O)CC(C)(C)CC1=NC(C)(C)C. The fourth-order valence-electron chi connectivity index (χ4n) is 2.48. The van der Waals surface area contributed by atoms with Gasteiger partial charge in [0.2, 0.25) is 0 Å². The van der Waals surface area contributed by atoms with Crippen LogP contribution in [0, 0.1) is 5.41 Å². The number of aliphatic imine (C=N–C) groups is 1. The molecule has 0 atom stereocenters. The van der Waals surface area contributed by atoms with Crippen molar-refractivity contribution in [2.45, 2.75) is 72.8 Å². The van der Waals surface area contributed by atoms with E-state index in [9.17, 15) is 9.90 Å². The van der Waals surface area contributed by atoms with E-state index >= 15 is 0 Å². The Morgan fingerprint density at radius 2 is 1.89 bits per heavy atom. The Hall–Kier alpha value is -1.12. The van der Waals surface area contributed by atoms with Crippen molar-refractivity contribution in [3.8, 4) is 0 Å². The molecule has 0 aromatic heterocycles. The van der Waals surface area contributed by atoms with Crippen molar-refractivity contribution in [2.75, 3.05) is 0 Å². The minimum absolute atomic E-state index is 0.0326. The zero-order chi connectivity index (χ0) is 14.8. The molecule has 0 radical (unpaired) electrons. The van der Waals surface area contributed by atoms with E-state index in [-0.39, 0.29) is 22.5 Å². The van der Waals surface area contributed by atoms with Crippen LogP contribution in [-0.4, -0.2) is 22.1 Å². The summed E-state index contributed by atoms with van der Waals surface area (Å²) in [5, 5.41) is 10.2. The molecule has 0 amide bonds. The van der Waals surface area contributed by atoms with Crippen LogP contribution in [0.25, 0.3) is 0 Å². The van der Waals surface area contributed by atoms with E-state index in [1.165, 1.54) is 0 Å². The summed E-state index contributed by atoms with van der Waals surface area (Å²) in [4.78, 5) is 17.0. The number of Topliss-reactive ketones (excluding diaryl/α,β-unsaturated/α-hetero) is 1. The molecule has 1 aliphatic rings. The number of allylic oxidation sites excluding steroid dienone is 2. The third-order valence-corrected chi connectivity index (χ3v) is 3.10. The monoisotopic (exact) mass is 265 g/mol. The van der Waals surface area contributed by atoms with Crippen molar-refractivity contribution >= 4 is 11.5 Å². The van der Waals surface area contributed by atoms with Crippen LogP contribution in [0.3, 0.4) is 0 Å². The van der Waals surface area contributed by atoms with Crippen molar-refractivity contribution in [3.05, 3.63) is 11.3 Å². The molecule has 1 rings (SSSR count). The van der Waals surface area contributed by atoms with Gasteiger partial charge in [-0.3, -0.25) is 9.79 Å². The van der Waals surface area contributed by atoms with Gasteiger partial charge in [0.1, 0.15) is 5.76 Å². The van der Waals surface area contributed by atoms with Gasteiger partial charge in [-0.25, -0.2) is 0 Å². The van der Waals surface area contributed by atoms with Crippen molar-refractivity contribution in [1.82, 2.24) is 0 Å². The average Bonchev–Trinajstić information content (AvgIpc) is 2.11. The van der Waals surface area contributed by atoms with Crippen molar-refractivity contribution in [3.63, 3.8) is 0 Å². The van der Waals surface area contributed by atoms with Gasteiger partial charge >= 0.3 is 0 Å². The lowest BCUT2D eigenvalue weighted by atomic mass is 9.73. The summed E-state index contributed by atoms with van der Waals surface area (Å²) in [6.07, 6.45) is 2.61. The molecule has 1 fully saturated rings. The summed E-state index contributed by atoms with van der Waals surface area (Å²) < 4.78 is 0. The maximum Gasteiger partial charge on any atom is 0.168 e. The second-order valence-electron chi connectivity index (χ2n) is 7.24. The number of nitrogens with zero attached hydrogens (tertiary/aromatic N) is 1. The minimum Gasteiger partial charge on any atom is -0.511 e. The first-order chi connectivity index (χ1) is 8.56. The Bertz CT molecular complexity index is 423. The molecule has 3 heteroatoms. The molecule has 0 aromatic rings. The van der Waals surface area contributed by atoms with Gasteiger partial charge in [0.15, 0.2) is 5.78 Å². The highest BCUT2D eigenvalue weighted by Gasteiger charge is 2.36. The maximum absolute atomic E-state index is 12.3. The van der Waals surface area contributed by atoms with Crippen LogP contribution in [0.5, 0.6) is 0 Å². The van der Waals surface area contributed by atoms with Crippen LogP contribution in [0.4, 0.5) is 0 Å². The van der Waals surface area contributed by atoms with E-state index in [1.807, 2.05) is 27.7 Å². The number of aliphatic hydroxyl groups excluding tert-OH is 1. The van der Waals surface area contributed by atoms with Gasteiger partial charge in [0.05, 0.1) is 16.8 Å². The van der Waals surface area contributed by atoms with Crippen LogP contribution >= 0.6 is 0 Å². The Morgan fingerprint density at radius 3 is 2.37 bits per heavy atom. The number of carbonyl (C=O) groups is 1. The molecule has 3 nitrogen and oxygen atoms in total. The highest BCUT2D eigenvalue weighted by atomic mass is 16.3. The number of rotatable bonds is 2. The topological polar surface area (TPSA) is 49.7 Å². The van der Waals surface area contributed by atoms with Gasteiger partial charge in [-0.05, 0) is 39.0 Å². The molecule has 108 valence electrons. The van der Waals surface area contributed by atoms with E-state index in [4.69, 9.17) is 0 Å². The summed E-state index contributed by atoms with van der Waals surface area (Å²) in [6, 6.07) is 0. The lowest BCUT2D eigenvalue weighted by Gasteiger charge is -2.32. The molecule has 1 N–H and O–H groups in total.